The van der Waals surface area contributed by atoms with Crippen LogP contribution in [0.5, 0.6) is 5.75 Å². The molecule has 0 N–H and O–H groups in total. The maximum Gasteiger partial charge on any atom is 0.289 e. The number of benzene rings is 2. The third kappa shape index (κ3) is 4.27. The molecule has 1 aliphatic heterocycles. The van der Waals surface area contributed by atoms with E-state index in [1.165, 1.54) is 17.0 Å². The van der Waals surface area contributed by atoms with Crippen molar-refractivity contribution >= 4 is 38.8 Å². The van der Waals surface area contributed by atoms with Crippen LogP contribution in [-0.4, -0.2) is 27.9 Å². The van der Waals surface area contributed by atoms with Crippen molar-refractivity contribution in [3.63, 3.8) is 0 Å². The van der Waals surface area contributed by atoms with Gasteiger partial charge in [-0.3, -0.25) is 14.5 Å². The van der Waals surface area contributed by atoms with Crippen molar-refractivity contribution in [2.45, 2.75) is 25.1 Å². The standard InChI is InChI=1S/C19H17BrFNO3S/c1-2-25-16-8-5-14(20)9-13(16)10-17-18(23)22(19(24)26-17)11-12-3-6-15(21)7-4-12/h3-9,17H,2,10-11H2,1H3/t17-/m1/s1. The van der Waals surface area contributed by atoms with Gasteiger partial charge in [-0.1, -0.05) is 39.8 Å². The van der Waals surface area contributed by atoms with E-state index in [9.17, 15) is 14.0 Å². The van der Waals surface area contributed by atoms with Crippen LogP contribution in [0.15, 0.2) is 46.9 Å². The predicted molar refractivity (Wildman–Crippen MR) is 103 cm³/mol. The molecule has 4 nitrogen and oxygen atoms in total. The lowest BCUT2D eigenvalue weighted by Crippen LogP contribution is -2.31. The number of halogens is 2. The van der Waals surface area contributed by atoms with E-state index in [-0.39, 0.29) is 23.5 Å². The zero-order chi connectivity index (χ0) is 18.7. The molecule has 26 heavy (non-hydrogen) atoms. The molecule has 3 rings (SSSR count). The average Bonchev–Trinajstić information content (AvgIpc) is 2.87. The molecule has 2 aromatic carbocycles. The number of amides is 2. The highest BCUT2D eigenvalue weighted by atomic mass is 79.9. The van der Waals surface area contributed by atoms with E-state index in [0.29, 0.717) is 24.3 Å². The molecular weight excluding hydrogens is 421 g/mol. The lowest BCUT2D eigenvalue weighted by Gasteiger charge is -2.15. The Bertz CT molecular complexity index is 828. The van der Waals surface area contributed by atoms with E-state index >= 15 is 0 Å². The Balaban J connectivity index is 1.75. The number of nitrogens with zero attached hydrogens (tertiary/aromatic N) is 1. The minimum absolute atomic E-state index is 0.151. The van der Waals surface area contributed by atoms with Crippen LogP contribution in [0.1, 0.15) is 18.1 Å². The van der Waals surface area contributed by atoms with Crippen molar-refractivity contribution in [3.8, 4) is 5.75 Å². The summed E-state index contributed by atoms with van der Waals surface area (Å²) in [7, 11) is 0. The van der Waals surface area contributed by atoms with Crippen molar-refractivity contribution in [1.29, 1.82) is 0 Å². The van der Waals surface area contributed by atoms with Gasteiger partial charge in [0.15, 0.2) is 0 Å². The SMILES string of the molecule is CCOc1ccc(Br)cc1C[C@H]1SC(=O)N(Cc2ccc(F)cc2)C1=O. The highest BCUT2D eigenvalue weighted by Crippen LogP contribution is 2.34. The van der Waals surface area contributed by atoms with Gasteiger partial charge in [-0.25, -0.2) is 4.39 Å². The summed E-state index contributed by atoms with van der Waals surface area (Å²) < 4.78 is 19.5. The van der Waals surface area contributed by atoms with Gasteiger partial charge in [0.25, 0.3) is 5.24 Å². The molecular formula is C19H17BrFNO3S. The normalized spacial score (nSPS) is 17.0. The first kappa shape index (κ1) is 18.9. The fourth-order valence-corrected chi connectivity index (χ4v) is 4.17. The maximum absolute atomic E-state index is 13.0. The Kier molecular flexibility index (Phi) is 5.98. The summed E-state index contributed by atoms with van der Waals surface area (Å²) in [4.78, 5) is 26.2. The molecule has 136 valence electrons. The van der Waals surface area contributed by atoms with Crippen molar-refractivity contribution in [3.05, 3.63) is 63.9 Å². The molecule has 0 saturated carbocycles. The van der Waals surface area contributed by atoms with E-state index in [0.717, 1.165) is 21.8 Å². The molecule has 1 fully saturated rings. The number of carbonyl (C=O) groups excluding carboxylic acids is 2. The zero-order valence-corrected chi connectivity index (χ0v) is 16.5. The van der Waals surface area contributed by atoms with E-state index in [4.69, 9.17) is 4.74 Å². The van der Waals surface area contributed by atoms with Crippen molar-refractivity contribution < 1.29 is 18.7 Å². The Morgan fingerprint density at radius 1 is 1.19 bits per heavy atom. The van der Waals surface area contributed by atoms with Crippen molar-refractivity contribution in [1.82, 2.24) is 4.90 Å². The highest BCUT2D eigenvalue weighted by molar-refractivity contribution is 9.10. The highest BCUT2D eigenvalue weighted by Gasteiger charge is 2.39. The smallest absolute Gasteiger partial charge is 0.289 e. The Hall–Kier alpha value is -1.86. The van der Waals surface area contributed by atoms with Gasteiger partial charge in [0.1, 0.15) is 11.6 Å². The molecule has 1 heterocycles. The van der Waals surface area contributed by atoms with Gasteiger partial charge in [-0.05, 0) is 54.8 Å². The molecule has 0 bridgehead atoms. The van der Waals surface area contributed by atoms with Gasteiger partial charge >= 0.3 is 0 Å². The third-order valence-electron chi connectivity index (χ3n) is 3.99. The lowest BCUT2D eigenvalue weighted by atomic mass is 10.1. The number of rotatable bonds is 6. The molecule has 2 aromatic rings. The fourth-order valence-electron chi connectivity index (χ4n) is 2.75. The minimum atomic E-state index is -0.489. The minimum Gasteiger partial charge on any atom is -0.494 e. The summed E-state index contributed by atoms with van der Waals surface area (Å²) in [5.74, 6) is 0.137. The maximum atomic E-state index is 13.0. The van der Waals surface area contributed by atoms with Gasteiger partial charge in [0, 0.05) is 4.47 Å². The van der Waals surface area contributed by atoms with Gasteiger partial charge in [0.05, 0.1) is 18.4 Å². The summed E-state index contributed by atoms with van der Waals surface area (Å²) in [5.41, 5.74) is 1.59. The summed E-state index contributed by atoms with van der Waals surface area (Å²) >= 11 is 4.45. The molecule has 0 radical (unpaired) electrons. The molecule has 1 saturated heterocycles. The third-order valence-corrected chi connectivity index (χ3v) is 5.55. The van der Waals surface area contributed by atoms with Crippen molar-refractivity contribution in [2.24, 2.45) is 0 Å². The first-order valence-corrected chi connectivity index (χ1v) is 9.83. The number of imide groups is 1. The number of carbonyl (C=O) groups is 2. The molecule has 0 aliphatic carbocycles. The number of thioether (sulfide) groups is 1. The van der Waals surface area contributed by atoms with Gasteiger partial charge in [-0.15, -0.1) is 0 Å². The van der Waals surface area contributed by atoms with E-state index in [1.54, 1.807) is 12.1 Å². The Morgan fingerprint density at radius 3 is 2.62 bits per heavy atom. The predicted octanol–water partition coefficient (Wildman–Crippen LogP) is 4.79. The molecule has 0 aromatic heterocycles. The quantitative estimate of drug-likeness (QED) is 0.651. The molecule has 1 aliphatic rings. The summed E-state index contributed by atoms with van der Waals surface area (Å²) in [6.45, 7) is 2.57. The average molecular weight is 438 g/mol. The van der Waals surface area contributed by atoms with Crippen LogP contribution >= 0.6 is 27.7 Å². The number of hydrogen-bond acceptors (Lipinski definition) is 4. The van der Waals surface area contributed by atoms with Crippen LogP contribution in [0.25, 0.3) is 0 Å². The van der Waals surface area contributed by atoms with Gasteiger partial charge < -0.3 is 4.74 Å². The topological polar surface area (TPSA) is 46.6 Å². The molecule has 0 spiro atoms. The monoisotopic (exact) mass is 437 g/mol. The van der Waals surface area contributed by atoms with Crippen LogP contribution in [0.2, 0.25) is 0 Å². The lowest BCUT2D eigenvalue weighted by molar-refractivity contribution is -0.127. The number of ether oxygens (including phenoxy) is 1. The van der Waals surface area contributed by atoms with Crippen LogP contribution in [0, 0.1) is 5.82 Å². The Morgan fingerprint density at radius 2 is 1.92 bits per heavy atom. The van der Waals surface area contributed by atoms with E-state index < -0.39 is 5.25 Å². The second kappa shape index (κ2) is 8.22. The summed E-state index contributed by atoms with van der Waals surface area (Å²) in [6.07, 6.45) is 0.407. The zero-order valence-electron chi connectivity index (χ0n) is 14.1. The second-order valence-electron chi connectivity index (χ2n) is 5.81. The van der Waals surface area contributed by atoms with Gasteiger partial charge in [-0.2, -0.15) is 0 Å². The van der Waals surface area contributed by atoms with Crippen LogP contribution in [-0.2, 0) is 17.8 Å². The number of hydrogen-bond donors (Lipinski definition) is 0. The molecule has 2 amide bonds. The second-order valence-corrected chi connectivity index (χ2v) is 7.88. The van der Waals surface area contributed by atoms with E-state index in [2.05, 4.69) is 15.9 Å². The molecule has 7 heteroatoms. The molecule has 1 atom stereocenters. The van der Waals surface area contributed by atoms with E-state index in [1.807, 2.05) is 25.1 Å². The summed E-state index contributed by atoms with van der Waals surface area (Å²) in [6, 6.07) is 11.4. The largest absolute Gasteiger partial charge is 0.494 e. The summed E-state index contributed by atoms with van der Waals surface area (Å²) in [5, 5.41) is -0.770. The van der Waals surface area contributed by atoms with Crippen LogP contribution in [0.3, 0.4) is 0 Å². The van der Waals surface area contributed by atoms with Crippen LogP contribution < -0.4 is 4.74 Å². The molecule has 0 unspecified atom stereocenters. The van der Waals surface area contributed by atoms with Crippen molar-refractivity contribution in [2.75, 3.05) is 6.61 Å². The first-order valence-electron chi connectivity index (χ1n) is 8.15. The van der Waals surface area contributed by atoms with Crippen LogP contribution in [0.4, 0.5) is 9.18 Å². The fraction of sp³-hybridized carbons (Fsp3) is 0.263. The Labute approximate surface area is 163 Å². The first-order chi connectivity index (χ1) is 12.5. The van der Waals surface area contributed by atoms with Gasteiger partial charge in [0.2, 0.25) is 5.91 Å².